The lowest BCUT2D eigenvalue weighted by Gasteiger charge is -2.15. The molecule has 0 radical (unpaired) electrons. The van der Waals surface area contributed by atoms with Crippen LogP contribution in [0.3, 0.4) is 0 Å². The van der Waals surface area contributed by atoms with Crippen LogP contribution in [0.2, 0.25) is 0 Å². The minimum atomic E-state index is 0.190. The van der Waals surface area contributed by atoms with Gasteiger partial charge in [0.25, 0.3) is 5.88 Å². The molecular weight excluding hydrogens is 206 g/mol. The van der Waals surface area contributed by atoms with Crippen LogP contribution in [0, 0.1) is 0 Å². The van der Waals surface area contributed by atoms with Gasteiger partial charge < -0.3 is 20.1 Å². The lowest BCUT2D eigenvalue weighted by molar-refractivity contribution is 0.191. The summed E-state index contributed by atoms with van der Waals surface area (Å²) in [5.74, 6) is 1.12. The average Bonchev–Trinajstić information content (AvgIpc) is 2.67. The van der Waals surface area contributed by atoms with Gasteiger partial charge in [-0.2, -0.15) is 0 Å². The van der Waals surface area contributed by atoms with Crippen LogP contribution in [0.15, 0.2) is 12.3 Å². The first-order chi connectivity index (χ1) is 7.69. The van der Waals surface area contributed by atoms with E-state index in [1.165, 1.54) is 0 Å². The standard InChI is InChI=1S/C11H17N3O2/c1-14-4-3-9(7-14)16-11-10(15-2)5-8(12)6-13-11/h5-6,9H,3-4,7,12H2,1-2H3/t9-/m0/s1. The molecule has 1 saturated heterocycles. The van der Waals surface area contributed by atoms with Crippen LogP contribution in [-0.4, -0.2) is 43.2 Å². The molecule has 0 aliphatic carbocycles. The van der Waals surface area contributed by atoms with Gasteiger partial charge in [-0.15, -0.1) is 0 Å². The highest BCUT2D eigenvalue weighted by Gasteiger charge is 2.22. The molecule has 0 aromatic carbocycles. The van der Waals surface area contributed by atoms with Gasteiger partial charge in [0.15, 0.2) is 5.75 Å². The molecule has 1 aliphatic heterocycles. The third-order valence-corrected chi connectivity index (χ3v) is 2.69. The largest absolute Gasteiger partial charge is 0.491 e. The fraction of sp³-hybridized carbons (Fsp3) is 0.545. The molecule has 0 bridgehead atoms. The summed E-state index contributed by atoms with van der Waals surface area (Å²) in [5, 5.41) is 0. The Balaban J connectivity index is 2.08. The normalized spacial score (nSPS) is 21.0. The van der Waals surface area contributed by atoms with Crippen molar-refractivity contribution in [1.82, 2.24) is 9.88 Å². The molecule has 16 heavy (non-hydrogen) atoms. The average molecular weight is 223 g/mol. The van der Waals surface area contributed by atoms with Crippen LogP contribution in [-0.2, 0) is 0 Å². The van der Waals surface area contributed by atoms with Crippen LogP contribution >= 0.6 is 0 Å². The predicted molar refractivity (Wildman–Crippen MR) is 61.7 cm³/mol. The first-order valence-electron chi connectivity index (χ1n) is 5.33. The molecule has 2 rings (SSSR count). The number of methoxy groups -OCH3 is 1. The molecule has 1 aromatic heterocycles. The first kappa shape index (κ1) is 11.0. The highest BCUT2D eigenvalue weighted by molar-refractivity contribution is 5.46. The van der Waals surface area contributed by atoms with E-state index < -0.39 is 0 Å². The minimum absolute atomic E-state index is 0.190. The molecule has 1 aromatic rings. The number of aromatic nitrogens is 1. The number of likely N-dealkylation sites (tertiary alicyclic amines) is 1. The molecule has 5 heteroatoms. The number of rotatable bonds is 3. The molecule has 2 heterocycles. The lowest BCUT2D eigenvalue weighted by Crippen LogP contribution is -2.22. The number of ether oxygens (including phenoxy) is 2. The quantitative estimate of drug-likeness (QED) is 0.819. The monoisotopic (exact) mass is 223 g/mol. The number of nitrogen functional groups attached to an aromatic ring is 1. The van der Waals surface area contributed by atoms with Crippen LogP contribution in [0.4, 0.5) is 5.69 Å². The Morgan fingerprint density at radius 1 is 1.56 bits per heavy atom. The maximum atomic E-state index is 5.79. The summed E-state index contributed by atoms with van der Waals surface area (Å²) in [6.07, 6.45) is 2.79. The van der Waals surface area contributed by atoms with Crippen molar-refractivity contribution in [3.63, 3.8) is 0 Å². The Morgan fingerprint density at radius 3 is 3.00 bits per heavy atom. The Kier molecular flexibility index (Phi) is 3.14. The molecule has 1 fully saturated rings. The molecule has 88 valence electrons. The van der Waals surface area contributed by atoms with E-state index in [9.17, 15) is 0 Å². The Hall–Kier alpha value is -1.49. The number of nitrogens with zero attached hydrogens (tertiary/aromatic N) is 2. The molecule has 2 N–H and O–H groups in total. The molecule has 1 aliphatic rings. The Morgan fingerprint density at radius 2 is 2.38 bits per heavy atom. The fourth-order valence-corrected chi connectivity index (χ4v) is 1.83. The number of anilines is 1. The van der Waals surface area contributed by atoms with Gasteiger partial charge in [0.1, 0.15) is 6.10 Å². The number of nitrogens with two attached hydrogens (primary N) is 1. The van der Waals surface area contributed by atoms with Crippen molar-refractivity contribution < 1.29 is 9.47 Å². The zero-order valence-electron chi connectivity index (χ0n) is 9.64. The van der Waals surface area contributed by atoms with Crippen LogP contribution in [0.1, 0.15) is 6.42 Å². The minimum Gasteiger partial charge on any atom is -0.491 e. The fourth-order valence-electron chi connectivity index (χ4n) is 1.83. The molecule has 1 atom stereocenters. The molecule has 0 saturated carbocycles. The van der Waals surface area contributed by atoms with E-state index in [1.54, 1.807) is 19.4 Å². The van der Waals surface area contributed by atoms with E-state index in [1.807, 2.05) is 0 Å². The molecule has 0 spiro atoms. The second-order valence-electron chi connectivity index (χ2n) is 4.07. The van der Waals surface area contributed by atoms with Gasteiger partial charge in [-0.05, 0) is 13.5 Å². The predicted octanol–water partition coefficient (Wildman–Crippen LogP) is 0.755. The van der Waals surface area contributed by atoms with Crippen LogP contribution in [0.25, 0.3) is 0 Å². The lowest BCUT2D eigenvalue weighted by atomic mass is 10.3. The van der Waals surface area contributed by atoms with Gasteiger partial charge in [0.2, 0.25) is 0 Å². The maximum absolute atomic E-state index is 5.79. The van der Waals surface area contributed by atoms with Gasteiger partial charge in [0, 0.05) is 19.2 Å². The zero-order chi connectivity index (χ0) is 11.5. The van der Waals surface area contributed by atoms with E-state index in [0.717, 1.165) is 19.5 Å². The Labute approximate surface area is 95.2 Å². The number of likely N-dealkylation sites (N-methyl/N-ethyl adjacent to an activating group) is 1. The zero-order valence-corrected chi connectivity index (χ0v) is 9.64. The Bertz CT molecular complexity index is 370. The highest BCUT2D eigenvalue weighted by Crippen LogP contribution is 2.28. The third-order valence-electron chi connectivity index (χ3n) is 2.69. The van der Waals surface area contributed by atoms with Crippen LogP contribution < -0.4 is 15.2 Å². The highest BCUT2D eigenvalue weighted by atomic mass is 16.5. The van der Waals surface area contributed by atoms with Gasteiger partial charge in [-0.3, -0.25) is 0 Å². The van der Waals surface area contributed by atoms with E-state index in [4.69, 9.17) is 15.2 Å². The maximum Gasteiger partial charge on any atom is 0.257 e. The van der Waals surface area contributed by atoms with Crippen molar-refractivity contribution in [2.24, 2.45) is 0 Å². The SMILES string of the molecule is COc1cc(N)cnc1O[C@H]1CCN(C)C1. The summed E-state index contributed by atoms with van der Waals surface area (Å²) in [6, 6.07) is 1.72. The van der Waals surface area contributed by atoms with Gasteiger partial charge in [0.05, 0.1) is 19.0 Å². The molecular formula is C11H17N3O2. The van der Waals surface area contributed by atoms with Crippen LogP contribution in [0.5, 0.6) is 11.6 Å². The second kappa shape index (κ2) is 4.57. The van der Waals surface area contributed by atoms with Crippen molar-refractivity contribution in [2.45, 2.75) is 12.5 Å². The van der Waals surface area contributed by atoms with Crippen molar-refractivity contribution in [3.8, 4) is 11.6 Å². The summed E-state index contributed by atoms with van der Waals surface area (Å²) >= 11 is 0. The van der Waals surface area contributed by atoms with Crippen molar-refractivity contribution >= 4 is 5.69 Å². The molecule has 5 nitrogen and oxygen atoms in total. The molecule has 0 amide bonds. The smallest absolute Gasteiger partial charge is 0.257 e. The number of pyridine rings is 1. The van der Waals surface area contributed by atoms with E-state index in [2.05, 4.69) is 16.9 Å². The topological polar surface area (TPSA) is 60.6 Å². The summed E-state index contributed by atoms with van der Waals surface area (Å²) in [7, 11) is 3.67. The number of hydrogen-bond acceptors (Lipinski definition) is 5. The van der Waals surface area contributed by atoms with Gasteiger partial charge in [-0.25, -0.2) is 4.98 Å². The third kappa shape index (κ3) is 2.36. The van der Waals surface area contributed by atoms with E-state index >= 15 is 0 Å². The van der Waals surface area contributed by atoms with E-state index in [0.29, 0.717) is 17.3 Å². The second-order valence-corrected chi connectivity index (χ2v) is 4.07. The summed E-state index contributed by atoms with van der Waals surface area (Å²) in [4.78, 5) is 6.38. The van der Waals surface area contributed by atoms with Gasteiger partial charge in [-0.1, -0.05) is 0 Å². The summed E-state index contributed by atoms with van der Waals surface area (Å²) in [5.41, 5.74) is 6.20. The van der Waals surface area contributed by atoms with E-state index in [-0.39, 0.29) is 6.10 Å². The van der Waals surface area contributed by atoms with Crippen molar-refractivity contribution in [2.75, 3.05) is 33.0 Å². The number of hydrogen-bond donors (Lipinski definition) is 1. The summed E-state index contributed by atoms with van der Waals surface area (Å²) in [6.45, 7) is 1.98. The van der Waals surface area contributed by atoms with Crippen molar-refractivity contribution in [1.29, 1.82) is 0 Å². The van der Waals surface area contributed by atoms with Crippen molar-refractivity contribution in [3.05, 3.63) is 12.3 Å². The molecule has 0 unspecified atom stereocenters. The first-order valence-corrected chi connectivity index (χ1v) is 5.33. The summed E-state index contributed by atoms with van der Waals surface area (Å²) < 4.78 is 11.0. The van der Waals surface area contributed by atoms with Gasteiger partial charge >= 0.3 is 0 Å².